The number of aliphatic hydroxyl groups is 2. The average Bonchev–Trinajstić information content (AvgIpc) is 2.92. The van der Waals surface area contributed by atoms with Crippen LogP contribution in [0.15, 0.2) is 24.3 Å². The van der Waals surface area contributed by atoms with Gasteiger partial charge in [0, 0.05) is 36.2 Å². The number of β-amino-alcohol motifs (C(OH)–C–C–N with tert-alkyl or cyclic N) is 2. The highest BCUT2D eigenvalue weighted by Crippen LogP contribution is 2.26. The Labute approximate surface area is 111 Å². The van der Waals surface area contributed by atoms with Gasteiger partial charge in [-0.2, -0.15) is 0 Å². The van der Waals surface area contributed by atoms with Crippen LogP contribution in [0.3, 0.4) is 0 Å². The molecule has 0 aliphatic carbocycles. The number of aromatic nitrogens is 1. The fraction of sp³-hybridized carbons (Fsp3) is 0.429. The van der Waals surface area contributed by atoms with E-state index in [4.69, 9.17) is 4.74 Å². The molecule has 1 aromatic carbocycles. The predicted octanol–water partition coefficient (Wildman–Crippen LogP) is 0.714. The topological polar surface area (TPSA) is 68.7 Å². The SMILES string of the molecule is COc1cccc2[nH]c(CN3C[C@@H](O)[C@@H](O)C3)cc12. The van der Waals surface area contributed by atoms with Crippen molar-refractivity contribution in [1.82, 2.24) is 9.88 Å². The molecule has 1 aliphatic rings. The molecule has 1 fully saturated rings. The molecule has 1 saturated heterocycles. The molecule has 1 aromatic heterocycles. The Bertz CT molecular complexity index is 571. The van der Waals surface area contributed by atoms with Gasteiger partial charge in [-0.1, -0.05) is 6.07 Å². The quantitative estimate of drug-likeness (QED) is 0.762. The minimum atomic E-state index is -0.640. The van der Waals surface area contributed by atoms with Gasteiger partial charge in [0.15, 0.2) is 0 Å². The Morgan fingerprint density at radius 3 is 2.74 bits per heavy atom. The summed E-state index contributed by atoms with van der Waals surface area (Å²) in [5.41, 5.74) is 2.09. The molecule has 1 aliphatic heterocycles. The number of aliphatic hydroxyl groups excluding tert-OH is 2. The summed E-state index contributed by atoms with van der Waals surface area (Å²) in [7, 11) is 1.66. The molecule has 5 nitrogen and oxygen atoms in total. The molecule has 0 unspecified atom stereocenters. The number of nitrogens with zero attached hydrogens (tertiary/aromatic N) is 1. The lowest BCUT2D eigenvalue weighted by Crippen LogP contribution is -2.22. The summed E-state index contributed by atoms with van der Waals surface area (Å²) in [6, 6.07) is 7.95. The first-order valence-electron chi connectivity index (χ1n) is 6.40. The molecule has 0 bridgehead atoms. The predicted molar refractivity (Wildman–Crippen MR) is 72.1 cm³/mol. The van der Waals surface area contributed by atoms with Crippen LogP contribution in [0.25, 0.3) is 10.9 Å². The van der Waals surface area contributed by atoms with Crippen LogP contribution in [0.4, 0.5) is 0 Å². The summed E-state index contributed by atoms with van der Waals surface area (Å²) in [5.74, 6) is 0.849. The van der Waals surface area contributed by atoms with Crippen molar-refractivity contribution in [2.45, 2.75) is 18.8 Å². The van der Waals surface area contributed by atoms with Crippen LogP contribution in [-0.4, -0.2) is 52.5 Å². The van der Waals surface area contributed by atoms with E-state index in [1.807, 2.05) is 23.1 Å². The molecule has 0 saturated carbocycles. The van der Waals surface area contributed by atoms with Gasteiger partial charge in [-0.15, -0.1) is 0 Å². The third-order valence-electron chi connectivity index (χ3n) is 3.63. The Balaban J connectivity index is 1.82. The molecule has 0 spiro atoms. The minimum Gasteiger partial charge on any atom is -0.496 e. The maximum absolute atomic E-state index is 9.55. The second-order valence-corrected chi connectivity index (χ2v) is 5.04. The number of ether oxygens (including phenoxy) is 1. The number of aromatic amines is 1. The third kappa shape index (κ3) is 2.32. The van der Waals surface area contributed by atoms with Crippen molar-refractivity contribution in [3.05, 3.63) is 30.0 Å². The van der Waals surface area contributed by atoms with Crippen LogP contribution in [0, 0.1) is 0 Å². The van der Waals surface area contributed by atoms with Gasteiger partial charge in [0.05, 0.1) is 19.3 Å². The first kappa shape index (κ1) is 12.5. The van der Waals surface area contributed by atoms with Crippen molar-refractivity contribution in [2.24, 2.45) is 0 Å². The highest BCUT2D eigenvalue weighted by molar-refractivity contribution is 5.86. The number of methoxy groups -OCH3 is 1. The van der Waals surface area contributed by atoms with Crippen molar-refractivity contribution in [1.29, 1.82) is 0 Å². The number of nitrogens with one attached hydrogen (secondary N) is 1. The minimum absolute atomic E-state index is 0.508. The number of H-pyrrole nitrogens is 1. The van der Waals surface area contributed by atoms with Crippen LogP contribution >= 0.6 is 0 Å². The van der Waals surface area contributed by atoms with E-state index in [9.17, 15) is 10.2 Å². The normalized spacial score (nSPS) is 24.2. The van der Waals surface area contributed by atoms with E-state index in [0.717, 1.165) is 22.3 Å². The lowest BCUT2D eigenvalue weighted by molar-refractivity contribution is 0.0572. The number of rotatable bonds is 3. The first-order chi connectivity index (χ1) is 9.17. The summed E-state index contributed by atoms with van der Waals surface area (Å²) in [4.78, 5) is 5.38. The molecule has 102 valence electrons. The van der Waals surface area contributed by atoms with Gasteiger partial charge in [-0.3, -0.25) is 4.90 Å². The van der Waals surface area contributed by atoms with Gasteiger partial charge in [-0.25, -0.2) is 0 Å². The van der Waals surface area contributed by atoms with Crippen LogP contribution in [0.2, 0.25) is 0 Å². The summed E-state index contributed by atoms with van der Waals surface area (Å²) < 4.78 is 5.33. The molecule has 2 heterocycles. The zero-order chi connectivity index (χ0) is 13.4. The van der Waals surface area contributed by atoms with Gasteiger partial charge in [-0.05, 0) is 18.2 Å². The van der Waals surface area contributed by atoms with E-state index in [0.29, 0.717) is 19.6 Å². The van der Waals surface area contributed by atoms with E-state index in [-0.39, 0.29) is 0 Å². The lowest BCUT2D eigenvalue weighted by Gasteiger charge is -2.12. The number of hydrogen-bond donors (Lipinski definition) is 3. The molecular weight excluding hydrogens is 244 g/mol. The van der Waals surface area contributed by atoms with Crippen molar-refractivity contribution in [2.75, 3.05) is 20.2 Å². The fourth-order valence-corrected chi connectivity index (χ4v) is 2.67. The van der Waals surface area contributed by atoms with Crippen LogP contribution < -0.4 is 4.74 Å². The molecule has 3 N–H and O–H groups in total. The monoisotopic (exact) mass is 262 g/mol. The number of hydrogen-bond acceptors (Lipinski definition) is 4. The van der Waals surface area contributed by atoms with Crippen LogP contribution in [-0.2, 0) is 6.54 Å². The number of fused-ring (bicyclic) bond motifs is 1. The Morgan fingerprint density at radius 2 is 2.05 bits per heavy atom. The van der Waals surface area contributed by atoms with Gasteiger partial charge in [0.25, 0.3) is 0 Å². The zero-order valence-corrected chi connectivity index (χ0v) is 10.8. The fourth-order valence-electron chi connectivity index (χ4n) is 2.67. The average molecular weight is 262 g/mol. The van der Waals surface area contributed by atoms with Gasteiger partial charge in [0.2, 0.25) is 0 Å². The third-order valence-corrected chi connectivity index (χ3v) is 3.63. The van der Waals surface area contributed by atoms with E-state index < -0.39 is 12.2 Å². The van der Waals surface area contributed by atoms with Crippen molar-refractivity contribution in [3.63, 3.8) is 0 Å². The largest absolute Gasteiger partial charge is 0.496 e. The first-order valence-corrected chi connectivity index (χ1v) is 6.40. The van der Waals surface area contributed by atoms with E-state index in [1.54, 1.807) is 7.11 Å². The maximum atomic E-state index is 9.55. The van der Waals surface area contributed by atoms with Crippen molar-refractivity contribution >= 4 is 10.9 Å². The number of benzene rings is 1. The summed E-state index contributed by atoms with van der Waals surface area (Å²) >= 11 is 0. The molecular formula is C14H18N2O3. The van der Waals surface area contributed by atoms with Crippen LogP contribution in [0.1, 0.15) is 5.69 Å². The second kappa shape index (κ2) is 4.85. The lowest BCUT2D eigenvalue weighted by atomic mass is 10.2. The van der Waals surface area contributed by atoms with Gasteiger partial charge < -0.3 is 19.9 Å². The molecule has 2 aromatic rings. The summed E-state index contributed by atoms with van der Waals surface area (Å²) in [5, 5.41) is 20.1. The summed E-state index contributed by atoms with van der Waals surface area (Å²) in [6.45, 7) is 1.70. The Kier molecular flexibility index (Phi) is 3.18. The Hall–Kier alpha value is -1.56. The molecule has 2 atom stereocenters. The van der Waals surface area contributed by atoms with E-state index >= 15 is 0 Å². The number of likely N-dealkylation sites (tertiary alicyclic amines) is 1. The summed E-state index contributed by atoms with van der Waals surface area (Å²) in [6.07, 6.45) is -1.28. The Morgan fingerprint density at radius 1 is 1.32 bits per heavy atom. The molecule has 19 heavy (non-hydrogen) atoms. The molecule has 5 heteroatoms. The smallest absolute Gasteiger partial charge is 0.128 e. The van der Waals surface area contributed by atoms with Gasteiger partial charge in [0.1, 0.15) is 5.75 Å². The standard InChI is InChI=1S/C14H18N2O3/c1-19-14-4-2-3-11-10(14)5-9(15-11)6-16-7-12(17)13(18)8-16/h2-5,12-13,15,17-18H,6-8H2,1H3/t12-,13+. The van der Waals surface area contributed by atoms with Crippen molar-refractivity contribution in [3.8, 4) is 5.75 Å². The zero-order valence-electron chi connectivity index (χ0n) is 10.8. The van der Waals surface area contributed by atoms with E-state index in [1.165, 1.54) is 0 Å². The van der Waals surface area contributed by atoms with Crippen molar-refractivity contribution < 1.29 is 14.9 Å². The second-order valence-electron chi connectivity index (χ2n) is 5.04. The highest BCUT2D eigenvalue weighted by Gasteiger charge is 2.29. The van der Waals surface area contributed by atoms with Gasteiger partial charge >= 0.3 is 0 Å². The van der Waals surface area contributed by atoms with E-state index in [2.05, 4.69) is 11.1 Å². The molecule has 0 radical (unpaired) electrons. The van der Waals surface area contributed by atoms with Crippen LogP contribution in [0.5, 0.6) is 5.75 Å². The molecule has 0 amide bonds. The highest BCUT2D eigenvalue weighted by atomic mass is 16.5. The maximum Gasteiger partial charge on any atom is 0.128 e. The molecule has 3 rings (SSSR count).